The summed E-state index contributed by atoms with van der Waals surface area (Å²) in [4.78, 5) is 13.3. The summed E-state index contributed by atoms with van der Waals surface area (Å²) in [5.41, 5.74) is 1.83. The van der Waals surface area contributed by atoms with Crippen molar-refractivity contribution in [1.82, 2.24) is 5.32 Å². The number of nitrogens with one attached hydrogen (secondary N) is 1. The highest BCUT2D eigenvalue weighted by Gasteiger charge is 2.29. The van der Waals surface area contributed by atoms with E-state index in [2.05, 4.69) is 5.32 Å². The van der Waals surface area contributed by atoms with Crippen LogP contribution in [-0.4, -0.2) is 35.1 Å². The van der Waals surface area contributed by atoms with E-state index in [1.54, 1.807) is 69.7 Å². The Morgan fingerprint density at radius 3 is 2.31 bits per heavy atom. The summed E-state index contributed by atoms with van der Waals surface area (Å²) in [5.74, 6) is 0.667. The SMILES string of the molecule is CCC(NC(=O)CN(c1cc(Cl)ccc1C)S(=O)(=O)c1ccccc1)c1ccc(OC)c(OC)c1. The number of methoxy groups -OCH3 is 2. The maximum absolute atomic E-state index is 13.6. The first-order valence-corrected chi connectivity index (χ1v) is 12.9. The number of sulfonamides is 1. The Kier molecular flexibility index (Phi) is 8.64. The van der Waals surface area contributed by atoms with E-state index >= 15 is 0 Å². The smallest absolute Gasteiger partial charge is 0.264 e. The highest BCUT2D eigenvalue weighted by molar-refractivity contribution is 7.92. The van der Waals surface area contributed by atoms with Crippen molar-refractivity contribution in [1.29, 1.82) is 0 Å². The third kappa shape index (κ3) is 6.07. The molecule has 35 heavy (non-hydrogen) atoms. The monoisotopic (exact) mass is 516 g/mol. The van der Waals surface area contributed by atoms with Gasteiger partial charge in [-0.2, -0.15) is 0 Å². The van der Waals surface area contributed by atoms with Crippen LogP contribution in [0, 0.1) is 6.92 Å². The number of rotatable bonds is 10. The number of halogens is 1. The summed E-state index contributed by atoms with van der Waals surface area (Å²) >= 11 is 6.19. The molecule has 0 saturated heterocycles. The van der Waals surface area contributed by atoms with Crippen LogP contribution in [-0.2, 0) is 14.8 Å². The molecule has 0 aromatic heterocycles. The van der Waals surface area contributed by atoms with Crippen LogP contribution < -0.4 is 19.1 Å². The highest BCUT2D eigenvalue weighted by Crippen LogP contribution is 2.32. The van der Waals surface area contributed by atoms with E-state index < -0.39 is 22.5 Å². The number of benzene rings is 3. The lowest BCUT2D eigenvalue weighted by Crippen LogP contribution is -2.42. The van der Waals surface area contributed by atoms with E-state index in [-0.39, 0.29) is 10.9 Å². The first-order valence-electron chi connectivity index (χ1n) is 11.1. The summed E-state index contributed by atoms with van der Waals surface area (Å²) in [6.45, 7) is 3.29. The Morgan fingerprint density at radius 2 is 1.69 bits per heavy atom. The number of anilines is 1. The molecule has 1 atom stereocenters. The molecule has 7 nitrogen and oxygen atoms in total. The number of carbonyl (C=O) groups is 1. The van der Waals surface area contributed by atoms with Gasteiger partial charge in [0.05, 0.1) is 30.8 Å². The summed E-state index contributed by atoms with van der Waals surface area (Å²) in [6, 6.07) is 18.0. The molecule has 1 N–H and O–H groups in total. The number of amides is 1. The predicted molar refractivity (Wildman–Crippen MR) is 138 cm³/mol. The van der Waals surface area contributed by atoms with Crippen LogP contribution in [0.5, 0.6) is 11.5 Å². The number of nitrogens with zero attached hydrogens (tertiary/aromatic N) is 1. The number of aryl methyl sites for hydroxylation is 1. The zero-order valence-corrected chi connectivity index (χ0v) is 21.7. The van der Waals surface area contributed by atoms with Gasteiger partial charge in [-0.15, -0.1) is 0 Å². The quantitative estimate of drug-likeness (QED) is 0.404. The van der Waals surface area contributed by atoms with Crippen LogP contribution in [0.2, 0.25) is 5.02 Å². The number of hydrogen-bond acceptors (Lipinski definition) is 5. The minimum absolute atomic E-state index is 0.0825. The van der Waals surface area contributed by atoms with E-state index in [4.69, 9.17) is 21.1 Å². The Balaban J connectivity index is 1.94. The van der Waals surface area contributed by atoms with Gasteiger partial charge in [0.1, 0.15) is 6.54 Å². The topological polar surface area (TPSA) is 84.9 Å². The zero-order valence-electron chi connectivity index (χ0n) is 20.1. The van der Waals surface area contributed by atoms with E-state index in [1.165, 1.54) is 12.1 Å². The van der Waals surface area contributed by atoms with E-state index in [0.717, 1.165) is 9.87 Å². The molecule has 0 bridgehead atoms. The molecule has 9 heteroatoms. The van der Waals surface area contributed by atoms with Crippen molar-refractivity contribution in [3.8, 4) is 11.5 Å². The van der Waals surface area contributed by atoms with Crippen LogP contribution in [0.3, 0.4) is 0 Å². The lowest BCUT2D eigenvalue weighted by Gasteiger charge is -2.27. The van der Waals surface area contributed by atoms with Crippen LogP contribution in [0.25, 0.3) is 0 Å². The van der Waals surface area contributed by atoms with Crippen molar-refractivity contribution in [3.63, 3.8) is 0 Å². The Labute approximate surface area is 211 Å². The van der Waals surface area contributed by atoms with Crippen molar-refractivity contribution < 1.29 is 22.7 Å². The van der Waals surface area contributed by atoms with Crippen molar-refractivity contribution >= 4 is 33.2 Å². The fraction of sp³-hybridized carbons (Fsp3) is 0.269. The number of hydrogen-bond donors (Lipinski definition) is 1. The average molecular weight is 517 g/mol. The van der Waals surface area contributed by atoms with Crippen molar-refractivity contribution in [3.05, 3.63) is 82.9 Å². The van der Waals surface area contributed by atoms with Crippen molar-refractivity contribution in [2.24, 2.45) is 0 Å². The normalized spacial score (nSPS) is 12.0. The number of carbonyl (C=O) groups excluding carboxylic acids is 1. The summed E-state index contributed by atoms with van der Waals surface area (Å²) in [5, 5.41) is 3.33. The molecule has 0 fully saturated rings. The largest absolute Gasteiger partial charge is 0.493 e. The third-order valence-electron chi connectivity index (χ3n) is 5.61. The maximum atomic E-state index is 13.6. The van der Waals surface area contributed by atoms with E-state index in [1.807, 2.05) is 13.0 Å². The first-order chi connectivity index (χ1) is 16.7. The van der Waals surface area contributed by atoms with Gasteiger partial charge < -0.3 is 14.8 Å². The third-order valence-corrected chi connectivity index (χ3v) is 7.62. The maximum Gasteiger partial charge on any atom is 0.264 e. The molecule has 1 unspecified atom stereocenters. The zero-order chi connectivity index (χ0) is 25.6. The molecule has 0 heterocycles. The second kappa shape index (κ2) is 11.5. The molecular formula is C26H29ClN2O5S. The fourth-order valence-corrected chi connectivity index (χ4v) is 5.40. The van der Waals surface area contributed by atoms with Gasteiger partial charge in [0.25, 0.3) is 10.0 Å². The minimum atomic E-state index is -4.04. The fourth-order valence-electron chi connectivity index (χ4n) is 3.73. The standard InChI is InChI=1S/C26H29ClN2O5S/c1-5-22(19-12-14-24(33-3)25(15-19)34-4)28-26(30)17-29(23-16-20(27)13-11-18(23)2)35(31,32)21-9-7-6-8-10-21/h6-16,22H,5,17H2,1-4H3,(H,28,30). The van der Waals surface area contributed by atoms with Gasteiger partial charge >= 0.3 is 0 Å². The molecule has 0 aliphatic rings. The van der Waals surface area contributed by atoms with E-state index in [9.17, 15) is 13.2 Å². The Bertz CT molecular complexity index is 1280. The lowest BCUT2D eigenvalue weighted by molar-refractivity contribution is -0.120. The van der Waals surface area contributed by atoms with Crippen molar-refractivity contribution in [2.75, 3.05) is 25.1 Å². The molecule has 1 amide bonds. The van der Waals surface area contributed by atoms with Gasteiger partial charge in [-0.05, 0) is 60.9 Å². The van der Waals surface area contributed by atoms with Gasteiger partial charge in [0.2, 0.25) is 5.91 Å². The molecule has 3 aromatic rings. The molecule has 3 rings (SSSR count). The van der Waals surface area contributed by atoms with Crippen LogP contribution in [0.1, 0.15) is 30.5 Å². The summed E-state index contributed by atoms with van der Waals surface area (Å²) < 4.78 is 38.9. The Hall–Kier alpha value is -3.23. The lowest BCUT2D eigenvalue weighted by atomic mass is 10.0. The first kappa shape index (κ1) is 26.4. The molecular weight excluding hydrogens is 488 g/mol. The minimum Gasteiger partial charge on any atom is -0.493 e. The molecule has 3 aromatic carbocycles. The van der Waals surface area contributed by atoms with Crippen LogP contribution in [0.4, 0.5) is 5.69 Å². The molecule has 0 aliphatic carbocycles. The molecule has 0 saturated carbocycles. The van der Waals surface area contributed by atoms with Gasteiger partial charge in [-0.25, -0.2) is 8.42 Å². The van der Waals surface area contributed by atoms with Crippen molar-refractivity contribution in [2.45, 2.75) is 31.2 Å². The Morgan fingerprint density at radius 1 is 1.00 bits per heavy atom. The predicted octanol–water partition coefficient (Wildman–Crippen LogP) is 5.13. The second-order valence-corrected chi connectivity index (χ2v) is 10.2. The molecule has 0 aliphatic heterocycles. The van der Waals surface area contributed by atoms with Crippen LogP contribution >= 0.6 is 11.6 Å². The van der Waals surface area contributed by atoms with Gasteiger partial charge in [0.15, 0.2) is 11.5 Å². The van der Waals surface area contributed by atoms with Gasteiger partial charge in [-0.3, -0.25) is 9.10 Å². The average Bonchev–Trinajstić information content (AvgIpc) is 2.87. The van der Waals surface area contributed by atoms with Crippen LogP contribution in [0.15, 0.2) is 71.6 Å². The number of ether oxygens (including phenoxy) is 2. The summed E-state index contributed by atoms with van der Waals surface area (Å²) in [7, 11) is -0.944. The van der Waals surface area contributed by atoms with Gasteiger partial charge in [0, 0.05) is 5.02 Å². The molecule has 186 valence electrons. The second-order valence-electron chi connectivity index (χ2n) is 7.90. The molecule has 0 radical (unpaired) electrons. The van der Waals surface area contributed by atoms with Gasteiger partial charge in [-0.1, -0.05) is 48.9 Å². The summed E-state index contributed by atoms with van der Waals surface area (Å²) in [6.07, 6.45) is 0.586. The van der Waals surface area contributed by atoms with E-state index in [0.29, 0.717) is 34.2 Å². The highest BCUT2D eigenvalue weighted by atomic mass is 35.5. The molecule has 0 spiro atoms.